The van der Waals surface area contributed by atoms with E-state index in [4.69, 9.17) is 4.74 Å². The van der Waals surface area contributed by atoms with Crippen molar-refractivity contribution in [2.75, 3.05) is 12.4 Å². The average molecular weight is 283 g/mol. The number of alkyl halides is 2. The molecule has 1 aromatic carbocycles. The van der Waals surface area contributed by atoms with Gasteiger partial charge in [-0.3, -0.25) is 5.10 Å². The maximum absolute atomic E-state index is 12.3. The molecule has 0 bridgehead atoms. The van der Waals surface area contributed by atoms with Crippen LogP contribution in [0.5, 0.6) is 11.5 Å². The van der Waals surface area contributed by atoms with E-state index in [9.17, 15) is 8.78 Å². The minimum absolute atomic E-state index is 0.00990. The molecule has 1 unspecified atom stereocenters. The van der Waals surface area contributed by atoms with E-state index >= 15 is 0 Å². The molecule has 108 valence electrons. The van der Waals surface area contributed by atoms with Crippen LogP contribution in [-0.2, 0) is 0 Å². The number of rotatable bonds is 6. The highest BCUT2D eigenvalue weighted by Crippen LogP contribution is 2.32. The zero-order valence-electron chi connectivity index (χ0n) is 11.1. The quantitative estimate of drug-likeness (QED) is 0.854. The summed E-state index contributed by atoms with van der Waals surface area (Å²) in [5.74, 6) is 0.245. The SMILES string of the molecule is COc1ccc(NC(C)c2ccn[nH]2)cc1OC(F)F. The Morgan fingerprint density at radius 1 is 1.25 bits per heavy atom. The fourth-order valence-corrected chi connectivity index (χ4v) is 1.79. The number of hydrogen-bond acceptors (Lipinski definition) is 4. The molecule has 0 aliphatic carbocycles. The second kappa shape index (κ2) is 6.23. The lowest BCUT2D eigenvalue weighted by atomic mass is 10.2. The van der Waals surface area contributed by atoms with Gasteiger partial charge < -0.3 is 14.8 Å². The first-order valence-electron chi connectivity index (χ1n) is 5.99. The van der Waals surface area contributed by atoms with E-state index in [1.54, 1.807) is 18.3 Å². The number of methoxy groups -OCH3 is 1. The number of aromatic nitrogens is 2. The van der Waals surface area contributed by atoms with Gasteiger partial charge in [-0.1, -0.05) is 0 Å². The van der Waals surface area contributed by atoms with Gasteiger partial charge in [-0.2, -0.15) is 13.9 Å². The van der Waals surface area contributed by atoms with Gasteiger partial charge in [0.2, 0.25) is 0 Å². The van der Waals surface area contributed by atoms with Gasteiger partial charge in [0, 0.05) is 18.0 Å². The molecule has 0 amide bonds. The summed E-state index contributed by atoms with van der Waals surface area (Å²) in [6, 6.07) is 6.55. The zero-order chi connectivity index (χ0) is 14.5. The van der Waals surface area contributed by atoms with Crippen molar-refractivity contribution in [3.05, 3.63) is 36.2 Å². The molecule has 1 heterocycles. The Kier molecular flexibility index (Phi) is 4.39. The first-order chi connectivity index (χ1) is 9.60. The number of H-pyrrole nitrogens is 1. The van der Waals surface area contributed by atoms with Crippen molar-refractivity contribution in [1.82, 2.24) is 10.2 Å². The molecule has 7 heteroatoms. The van der Waals surface area contributed by atoms with Gasteiger partial charge in [0.15, 0.2) is 11.5 Å². The van der Waals surface area contributed by atoms with E-state index in [0.29, 0.717) is 5.69 Å². The van der Waals surface area contributed by atoms with Crippen LogP contribution < -0.4 is 14.8 Å². The van der Waals surface area contributed by atoms with Crippen LogP contribution >= 0.6 is 0 Å². The lowest BCUT2D eigenvalue weighted by Gasteiger charge is -2.16. The van der Waals surface area contributed by atoms with Crippen molar-refractivity contribution >= 4 is 5.69 Å². The van der Waals surface area contributed by atoms with Crippen LogP contribution in [0.15, 0.2) is 30.5 Å². The van der Waals surface area contributed by atoms with E-state index in [1.807, 2.05) is 13.0 Å². The minimum atomic E-state index is -2.90. The summed E-state index contributed by atoms with van der Waals surface area (Å²) in [6.45, 7) is -0.977. The zero-order valence-corrected chi connectivity index (χ0v) is 11.1. The Morgan fingerprint density at radius 2 is 2.05 bits per heavy atom. The predicted octanol–water partition coefficient (Wildman–Crippen LogP) is 3.19. The highest BCUT2D eigenvalue weighted by molar-refractivity contribution is 5.55. The number of ether oxygens (including phenoxy) is 2. The van der Waals surface area contributed by atoms with Crippen molar-refractivity contribution < 1.29 is 18.3 Å². The highest BCUT2D eigenvalue weighted by Gasteiger charge is 2.13. The smallest absolute Gasteiger partial charge is 0.387 e. The Labute approximate surface area is 114 Å². The predicted molar refractivity (Wildman–Crippen MR) is 70.3 cm³/mol. The van der Waals surface area contributed by atoms with Gasteiger partial charge in [0.25, 0.3) is 0 Å². The molecule has 0 aliphatic heterocycles. The Bertz CT molecular complexity index is 547. The maximum Gasteiger partial charge on any atom is 0.387 e. The van der Waals surface area contributed by atoms with E-state index in [0.717, 1.165) is 5.69 Å². The molecule has 1 aromatic heterocycles. The lowest BCUT2D eigenvalue weighted by molar-refractivity contribution is -0.0511. The molecule has 0 saturated heterocycles. The van der Waals surface area contributed by atoms with Crippen LogP contribution in [0.4, 0.5) is 14.5 Å². The van der Waals surface area contributed by atoms with Gasteiger partial charge in [-0.25, -0.2) is 0 Å². The maximum atomic E-state index is 12.3. The molecular formula is C13H15F2N3O2. The summed E-state index contributed by atoms with van der Waals surface area (Å²) in [4.78, 5) is 0. The third-order valence-electron chi connectivity index (χ3n) is 2.75. The summed E-state index contributed by atoms with van der Waals surface area (Å²) < 4.78 is 34.1. The normalized spacial score (nSPS) is 12.2. The topological polar surface area (TPSA) is 59.2 Å². The van der Waals surface area contributed by atoms with Crippen LogP contribution in [0.3, 0.4) is 0 Å². The van der Waals surface area contributed by atoms with Crippen molar-refractivity contribution in [1.29, 1.82) is 0 Å². The average Bonchev–Trinajstić information content (AvgIpc) is 2.92. The molecule has 2 aromatic rings. The second-order valence-corrected chi connectivity index (χ2v) is 4.12. The molecule has 20 heavy (non-hydrogen) atoms. The molecule has 0 radical (unpaired) electrons. The second-order valence-electron chi connectivity index (χ2n) is 4.12. The fourth-order valence-electron chi connectivity index (χ4n) is 1.79. The number of aromatic amines is 1. The van der Waals surface area contributed by atoms with Crippen molar-refractivity contribution in [3.8, 4) is 11.5 Å². The van der Waals surface area contributed by atoms with Gasteiger partial charge >= 0.3 is 6.61 Å². The van der Waals surface area contributed by atoms with Gasteiger partial charge in [0.1, 0.15) is 0 Å². The molecule has 2 N–H and O–H groups in total. The number of halogens is 2. The van der Waals surface area contributed by atoms with E-state index in [2.05, 4.69) is 20.3 Å². The summed E-state index contributed by atoms with van der Waals surface area (Å²) in [5.41, 5.74) is 1.53. The van der Waals surface area contributed by atoms with Crippen LogP contribution in [0.2, 0.25) is 0 Å². The molecule has 2 rings (SSSR count). The Balaban J connectivity index is 2.16. The van der Waals surface area contributed by atoms with Crippen LogP contribution in [0, 0.1) is 0 Å². The molecule has 0 aliphatic rings. The van der Waals surface area contributed by atoms with Gasteiger partial charge in [-0.15, -0.1) is 0 Å². The third kappa shape index (κ3) is 3.37. The number of nitrogens with one attached hydrogen (secondary N) is 2. The summed E-state index contributed by atoms with van der Waals surface area (Å²) in [7, 11) is 1.40. The van der Waals surface area contributed by atoms with Crippen LogP contribution in [-0.4, -0.2) is 23.9 Å². The third-order valence-corrected chi connectivity index (χ3v) is 2.75. The van der Waals surface area contributed by atoms with E-state index < -0.39 is 6.61 Å². The van der Waals surface area contributed by atoms with E-state index in [1.165, 1.54) is 13.2 Å². The lowest BCUT2D eigenvalue weighted by Crippen LogP contribution is -2.08. The highest BCUT2D eigenvalue weighted by atomic mass is 19.3. The molecule has 5 nitrogen and oxygen atoms in total. The summed E-state index contributed by atoms with van der Waals surface area (Å²) in [6.07, 6.45) is 1.65. The number of nitrogens with zero attached hydrogens (tertiary/aromatic N) is 1. The minimum Gasteiger partial charge on any atom is -0.493 e. The monoisotopic (exact) mass is 283 g/mol. The summed E-state index contributed by atoms with van der Waals surface area (Å²) >= 11 is 0. The molecule has 0 saturated carbocycles. The van der Waals surface area contributed by atoms with Crippen LogP contribution in [0.1, 0.15) is 18.7 Å². The largest absolute Gasteiger partial charge is 0.493 e. The first kappa shape index (κ1) is 14.1. The van der Waals surface area contributed by atoms with Crippen molar-refractivity contribution in [2.24, 2.45) is 0 Å². The standard InChI is InChI=1S/C13H15F2N3O2/c1-8(10-5-6-16-18-10)17-9-3-4-11(19-2)12(7-9)20-13(14)15/h3-8,13,17H,1-2H3,(H,16,18). The number of anilines is 1. The van der Waals surface area contributed by atoms with Gasteiger partial charge in [0.05, 0.1) is 18.8 Å². The van der Waals surface area contributed by atoms with Crippen LogP contribution in [0.25, 0.3) is 0 Å². The Hall–Kier alpha value is -2.31. The molecule has 0 fully saturated rings. The Morgan fingerprint density at radius 3 is 2.65 bits per heavy atom. The summed E-state index contributed by atoms with van der Waals surface area (Å²) in [5, 5.41) is 9.86. The molecule has 1 atom stereocenters. The van der Waals surface area contributed by atoms with Crippen molar-refractivity contribution in [2.45, 2.75) is 19.6 Å². The number of benzene rings is 1. The number of hydrogen-bond donors (Lipinski definition) is 2. The van der Waals surface area contributed by atoms with Crippen molar-refractivity contribution in [3.63, 3.8) is 0 Å². The van der Waals surface area contributed by atoms with E-state index in [-0.39, 0.29) is 17.5 Å². The van der Waals surface area contributed by atoms with Gasteiger partial charge in [-0.05, 0) is 25.1 Å². The fraction of sp³-hybridized carbons (Fsp3) is 0.308. The first-order valence-corrected chi connectivity index (χ1v) is 5.99. The molecular weight excluding hydrogens is 268 g/mol. The molecule has 0 spiro atoms.